The average Bonchev–Trinajstić information content (AvgIpc) is 2.80. The second-order valence-electron chi connectivity index (χ2n) is 3.86. The number of phenolic OH excluding ortho intramolecular Hbond substituents is 1. The second-order valence-corrected chi connectivity index (χ2v) is 3.86. The first-order valence-corrected chi connectivity index (χ1v) is 5.18. The van der Waals surface area contributed by atoms with Gasteiger partial charge in [0.1, 0.15) is 11.6 Å². The molecule has 0 atom stereocenters. The fourth-order valence-electron chi connectivity index (χ4n) is 2.12. The third kappa shape index (κ3) is 1.31. The Hall–Kier alpha value is -1.77. The van der Waals surface area contributed by atoms with Crippen LogP contribution in [0.25, 0.3) is 11.3 Å². The molecule has 0 unspecified atom stereocenters. The van der Waals surface area contributed by atoms with Crippen molar-refractivity contribution in [3.63, 3.8) is 0 Å². The molecule has 0 aliphatic carbocycles. The van der Waals surface area contributed by atoms with Gasteiger partial charge in [0.05, 0.1) is 11.9 Å². The molecule has 1 aliphatic heterocycles. The zero-order valence-electron chi connectivity index (χ0n) is 8.35. The molecular formula is C12H12N2O. The number of benzene rings is 1. The summed E-state index contributed by atoms with van der Waals surface area (Å²) in [7, 11) is 0. The van der Waals surface area contributed by atoms with Gasteiger partial charge in [0.25, 0.3) is 0 Å². The van der Waals surface area contributed by atoms with Crippen molar-refractivity contribution in [1.29, 1.82) is 0 Å². The minimum atomic E-state index is 0.305. The van der Waals surface area contributed by atoms with E-state index in [2.05, 4.69) is 9.55 Å². The van der Waals surface area contributed by atoms with Crippen LogP contribution in [0.2, 0.25) is 0 Å². The van der Waals surface area contributed by atoms with E-state index in [1.165, 1.54) is 12.2 Å². The first-order chi connectivity index (χ1) is 7.34. The molecule has 0 spiro atoms. The van der Waals surface area contributed by atoms with Gasteiger partial charge in [-0.1, -0.05) is 0 Å². The van der Waals surface area contributed by atoms with E-state index in [1.54, 1.807) is 12.1 Å². The number of imidazole rings is 1. The van der Waals surface area contributed by atoms with Gasteiger partial charge in [-0.25, -0.2) is 4.98 Å². The quantitative estimate of drug-likeness (QED) is 0.766. The van der Waals surface area contributed by atoms with Gasteiger partial charge in [0.2, 0.25) is 0 Å². The summed E-state index contributed by atoms with van der Waals surface area (Å²) in [5.74, 6) is 1.48. The zero-order chi connectivity index (χ0) is 10.3. The molecular weight excluding hydrogens is 188 g/mol. The van der Waals surface area contributed by atoms with Gasteiger partial charge < -0.3 is 9.67 Å². The largest absolute Gasteiger partial charge is 0.508 e. The van der Waals surface area contributed by atoms with E-state index in [4.69, 9.17) is 0 Å². The van der Waals surface area contributed by atoms with Gasteiger partial charge in [0, 0.05) is 18.5 Å². The van der Waals surface area contributed by atoms with E-state index in [-0.39, 0.29) is 0 Å². The van der Waals surface area contributed by atoms with Crippen LogP contribution in [0.1, 0.15) is 12.2 Å². The molecule has 0 saturated heterocycles. The van der Waals surface area contributed by atoms with Crippen LogP contribution in [0.15, 0.2) is 30.5 Å². The van der Waals surface area contributed by atoms with Crippen LogP contribution >= 0.6 is 0 Å². The minimum absolute atomic E-state index is 0.305. The highest BCUT2D eigenvalue weighted by molar-refractivity contribution is 5.60. The first-order valence-electron chi connectivity index (χ1n) is 5.18. The Labute approximate surface area is 88.0 Å². The van der Waals surface area contributed by atoms with Crippen LogP contribution in [0, 0.1) is 0 Å². The number of aromatic nitrogens is 2. The maximum Gasteiger partial charge on any atom is 0.115 e. The van der Waals surface area contributed by atoms with E-state index in [1.807, 2.05) is 18.3 Å². The molecule has 0 bridgehead atoms. The molecule has 2 aromatic rings. The average molecular weight is 200 g/mol. The number of aromatic hydroxyl groups is 1. The SMILES string of the molecule is Oc1ccc(-c2cnc3n2CCC3)cc1. The standard InChI is InChI=1S/C12H12N2O/c15-10-5-3-9(4-6-10)11-8-13-12-2-1-7-14(11)12/h3-6,8,15H,1-2,7H2. The van der Waals surface area contributed by atoms with Crippen LogP contribution in [-0.4, -0.2) is 14.7 Å². The Balaban J connectivity index is 2.09. The number of phenols is 1. The fourth-order valence-corrected chi connectivity index (χ4v) is 2.12. The van der Waals surface area contributed by atoms with Crippen molar-refractivity contribution >= 4 is 0 Å². The highest BCUT2D eigenvalue weighted by Gasteiger charge is 2.16. The summed E-state index contributed by atoms with van der Waals surface area (Å²) in [6, 6.07) is 7.28. The third-order valence-corrected chi connectivity index (χ3v) is 2.88. The monoisotopic (exact) mass is 200 g/mol. The zero-order valence-corrected chi connectivity index (χ0v) is 8.35. The summed E-state index contributed by atoms with van der Waals surface area (Å²) in [6.07, 6.45) is 4.19. The Kier molecular flexibility index (Phi) is 1.78. The van der Waals surface area contributed by atoms with Crippen LogP contribution in [-0.2, 0) is 13.0 Å². The highest BCUT2D eigenvalue weighted by atomic mass is 16.3. The molecule has 0 fully saturated rings. The molecule has 1 aromatic carbocycles. The van der Waals surface area contributed by atoms with Crippen molar-refractivity contribution in [3.8, 4) is 17.0 Å². The fraction of sp³-hybridized carbons (Fsp3) is 0.250. The topological polar surface area (TPSA) is 38.1 Å². The summed E-state index contributed by atoms with van der Waals surface area (Å²) in [6.45, 7) is 1.06. The van der Waals surface area contributed by atoms with Crippen LogP contribution in [0.3, 0.4) is 0 Å². The van der Waals surface area contributed by atoms with Crippen molar-refractivity contribution in [2.75, 3.05) is 0 Å². The lowest BCUT2D eigenvalue weighted by Gasteiger charge is -2.04. The molecule has 0 saturated carbocycles. The maximum atomic E-state index is 9.23. The van der Waals surface area contributed by atoms with Crippen molar-refractivity contribution in [2.45, 2.75) is 19.4 Å². The number of hydrogen-bond acceptors (Lipinski definition) is 2. The van der Waals surface area contributed by atoms with Gasteiger partial charge in [-0.2, -0.15) is 0 Å². The van der Waals surface area contributed by atoms with Crippen molar-refractivity contribution in [2.24, 2.45) is 0 Å². The van der Waals surface area contributed by atoms with Crippen molar-refractivity contribution in [1.82, 2.24) is 9.55 Å². The summed E-state index contributed by atoms with van der Waals surface area (Å²) < 4.78 is 2.26. The van der Waals surface area contributed by atoms with Gasteiger partial charge in [-0.15, -0.1) is 0 Å². The number of aryl methyl sites for hydroxylation is 1. The third-order valence-electron chi connectivity index (χ3n) is 2.88. The van der Waals surface area contributed by atoms with Crippen LogP contribution in [0.4, 0.5) is 0 Å². The van der Waals surface area contributed by atoms with Crippen molar-refractivity contribution in [3.05, 3.63) is 36.3 Å². The number of rotatable bonds is 1. The lowest BCUT2D eigenvalue weighted by molar-refractivity contribution is 0.475. The van der Waals surface area contributed by atoms with E-state index < -0.39 is 0 Å². The lowest BCUT2D eigenvalue weighted by Crippen LogP contribution is -1.94. The second kappa shape index (κ2) is 3.12. The molecule has 0 radical (unpaired) electrons. The normalized spacial score (nSPS) is 14.1. The molecule has 3 rings (SSSR count). The predicted octanol–water partition coefficient (Wildman–Crippen LogP) is 2.20. The summed E-state index contributed by atoms with van der Waals surface area (Å²) in [5, 5.41) is 9.23. The Morgan fingerprint density at radius 1 is 1.20 bits per heavy atom. The Morgan fingerprint density at radius 3 is 2.80 bits per heavy atom. The lowest BCUT2D eigenvalue weighted by atomic mass is 10.1. The van der Waals surface area contributed by atoms with Gasteiger partial charge >= 0.3 is 0 Å². The molecule has 1 aliphatic rings. The molecule has 3 nitrogen and oxygen atoms in total. The van der Waals surface area contributed by atoms with Crippen LogP contribution in [0.5, 0.6) is 5.75 Å². The highest BCUT2D eigenvalue weighted by Crippen LogP contribution is 2.26. The van der Waals surface area contributed by atoms with Gasteiger partial charge in [-0.3, -0.25) is 0 Å². The first kappa shape index (κ1) is 8.53. The van der Waals surface area contributed by atoms with Gasteiger partial charge in [0.15, 0.2) is 0 Å². The molecule has 3 heteroatoms. The molecule has 1 aromatic heterocycles. The smallest absolute Gasteiger partial charge is 0.115 e. The number of hydrogen-bond donors (Lipinski definition) is 1. The number of nitrogens with zero attached hydrogens (tertiary/aromatic N) is 2. The summed E-state index contributed by atoms with van der Waals surface area (Å²) in [5.41, 5.74) is 2.27. The molecule has 1 N–H and O–H groups in total. The maximum absolute atomic E-state index is 9.23. The summed E-state index contributed by atoms with van der Waals surface area (Å²) in [4.78, 5) is 4.40. The van der Waals surface area contributed by atoms with E-state index in [9.17, 15) is 5.11 Å². The predicted molar refractivity (Wildman–Crippen MR) is 57.6 cm³/mol. The molecule has 15 heavy (non-hydrogen) atoms. The number of fused-ring (bicyclic) bond motifs is 1. The molecule has 76 valence electrons. The van der Waals surface area contributed by atoms with Gasteiger partial charge in [-0.05, 0) is 30.7 Å². The van der Waals surface area contributed by atoms with Crippen LogP contribution < -0.4 is 0 Å². The minimum Gasteiger partial charge on any atom is -0.508 e. The molecule has 0 amide bonds. The summed E-state index contributed by atoms with van der Waals surface area (Å²) >= 11 is 0. The Bertz CT molecular complexity index is 485. The van der Waals surface area contributed by atoms with E-state index in [0.717, 1.165) is 24.2 Å². The van der Waals surface area contributed by atoms with E-state index >= 15 is 0 Å². The Morgan fingerprint density at radius 2 is 2.00 bits per heavy atom. The molecule has 2 heterocycles. The van der Waals surface area contributed by atoms with Crippen molar-refractivity contribution < 1.29 is 5.11 Å². The van der Waals surface area contributed by atoms with E-state index in [0.29, 0.717) is 5.75 Å².